The Morgan fingerprint density at radius 3 is 2.06 bits per heavy atom. The molecular weight excluding hydrogens is 254 g/mol. The second kappa shape index (κ2) is 4.34. The number of rotatable bonds is 3. The number of phenolic OH excluding ortho intramolecular Hbond substituents is 1. The first-order valence-electron chi connectivity index (χ1n) is 4.20. The third-order valence-electron chi connectivity index (χ3n) is 1.69. The molecule has 0 radical (unpaired) electrons. The van der Waals surface area contributed by atoms with Crippen molar-refractivity contribution < 1.29 is 36.2 Å². The number of hydrogen-bond acceptors (Lipinski definition) is 2. The number of halogens is 6. The number of benzene rings is 1. The quantitative estimate of drug-likeness (QED) is 0.845. The molecule has 0 unspecified atom stereocenters. The number of alkyl halides is 6. The highest BCUT2D eigenvalue weighted by atomic mass is 19.4. The maximum Gasteiger partial charge on any atom is 0.439 e. The lowest BCUT2D eigenvalue weighted by atomic mass is 10.3. The fourth-order valence-electron chi connectivity index (χ4n) is 0.932. The van der Waals surface area contributed by atoms with Crippen LogP contribution in [0, 0.1) is 0 Å². The Labute approximate surface area is 91.4 Å². The fraction of sp³-hybridized carbons (Fsp3) is 0.333. The summed E-state index contributed by atoms with van der Waals surface area (Å²) >= 11 is 0. The van der Waals surface area contributed by atoms with Crippen LogP contribution >= 0.6 is 0 Å². The van der Waals surface area contributed by atoms with Gasteiger partial charge in [-0.2, -0.15) is 22.0 Å². The van der Waals surface area contributed by atoms with Gasteiger partial charge in [0.15, 0.2) is 11.5 Å². The smallest absolute Gasteiger partial charge is 0.439 e. The molecule has 96 valence electrons. The number of ether oxygens (including phenoxy) is 1. The Bertz CT molecular complexity index is 389. The number of phenols is 1. The molecule has 0 saturated heterocycles. The summed E-state index contributed by atoms with van der Waals surface area (Å²) in [6, 6.07) is 4.06. The van der Waals surface area contributed by atoms with E-state index in [0.717, 1.165) is 18.2 Å². The fourth-order valence-corrected chi connectivity index (χ4v) is 0.932. The monoisotopic (exact) mass is 260 g/mol. The van der Waals surface area contributed by atoms with E-state index >= 15 is 0 Å². The molecule has 17 heavy (non-hydrogen) atoms. The third kappa shape index (κ3) is 3.18. The van der Waals surface area contributed by atoms with Crippen molar-refractivity contribution in [2.45, 2.75) is 18.5 Å². The molecule has 1 rings (SSSR count). The average molecular weight is 260 g/mol. The summed E-state index contributed by atoms with van der Waals surface area (Å²) in [5.74, 6) is -1.76. The van der Waals surface area contributed by atoms with Crippen molar-refractivity contribution in [3.05, 3.63) is 24.3 Å². The van der Waals surface area contributed by atoms with Gasteiger partial charge in [-0.3, -0.25) is 0 Å². The lowest BCUT2D eigenvalue weighted by Crippen LogP contribution is -2.45. The summed E-state index contributed by atoms with van der Waals surface area (Å²) in [6.07, 6.45) is -15.3. The van der Waals surface area contributed by atoms with Crippen molar-refractivity contribution in [2.75, 3.05) is 0 Å². The van der Waals surface area contributed by atoms with Crippen molar-refractivity contribution in [1.82, 2.24) is 0 Å². The molecule has 2 nitrogen and oxygen atoms in total. The highest BCUT2D eigenvalue weighted by Gasteiger charge is 2.59. The van der Waals surface area contributed by atoms with Gasteiger partial charge in [0.2, 0.25) is 0 Å². The van der Waals surface area contributed by atoms with Crippen LogP contribution in [0.2, 0.25) is 0 Å². The normalized spacial score (nSPS) is 14.5. The van der Waals surface area contributed by atoms with Crippen LogP contribution < -0.4 is 4.74 Å². The molecule has 0 aliphatic rings. The summed E-state index contributed by atoms with van der Waals surface area (Å²) in [7, 11) is 0. The molecular formula is C9H6F6O2. The van der Waals surface area contributed by atoms with Gasteiger partial charge in [-0.1, -0.05) is 12.1 Å². The van der Waals surface area contributed by atoms with Gasteiger partial charge in [-0.05, 0) is 12.1 Å². The summed E-state index contributed by atoms with van der Waals surface area (Å²) in [4.78, 5) is 0. The van der Waals surface area contributed by atoms with E-state index in [4.69, 9.17) is 5.11 Å². The first-order chi connectivity index (χ1) is 7.64. The van der Waals surface area contributed by atoms with Crippen LogP contribution in [0.15, 0.2) is 24.3 Å². The van der Waals surface area contributed by atoms with E-state index in [1.54, 1.807) is 0 Å². The Hall–Kier alpha value is -1.60. The molecule has 0 bridgehead atoms. The lowest BCUT2D eigenvalue weighted by Gasteiger charge is -2.23. The molecule has 0 amide bonds. The highest BCUT2D eigenvalue weighted by molar-refractivity contribution is 5.38. The van der Waals surface area contributed by atoms with Gasteiger partial charge in [-0.25, -0.2) is 4.39 Å². The summed E-state index contributed by atoms with van der Waals surface area (Å²) in [5, 5.41) is 9.00. The summed E-state index contributed by atoms with van der Waals surface area (Å²) < 4.78 is 76.7. The topological polar surface area (TPSA) is 29.5 Å². The summed E-state index contributed by atoms with van der Waals surface area (Å²) in [6.45, 7) is 0. The van der Waals surface area contributed by atoms with Crippen LogP contribution in [0.4, 0.5) is 26.3 Å². The zero-order chi connectivity index (χ0) is 13.3. The van der Waals surface area contributed by atoms with Crippen molar-refractivity contribution in [3.63, 3.8) is 0 Å². The zero-order valence-corrected chi connectivity index (χ0v) is 8.01. The van der Waals surface area contributed by atoms with E-state index in [0.29, 0.717) is 0 Å². The van der Waals surface area contributed by atoms with Crippen LogP contribution in [0.3, 0.4) is 0 Å². The Morgan fingerprint density at radius 1 is 1.06 bits per heavy atom. The lowest BCUT2D eigenvalue weighted by molar-refractivity contribution is -0.305. The third-order valence-corrected chi connectivity index (χ3v) is 1.69. The molecule has 1 atom stereocenters. The summed E-state index contributed by atoms with van der Waals surface area (Å²) in [5.41, 5.74) is 0. The minimum atomic E-state index is -5.76. The van der Waals surface area contributed by atoms with Gasteiger partial charge in [0.25, 0.3) is 6.17 Å². The van der Waals surface area contributed by atoms with Crippen LogP contribution in [0.1, 0.15) is 0 Å². The molecule has 0 fully saturated rings. The van der Waals surface area contributed by atoms with Crippen LogP contribution in [-0.2, 0) is 0 Å². The van der Waals surface area contributed by atoms with Crippen LogP contribution in [0.5, 0.6) is 11.5 Å². The van der Waals surface area contributed by atoms with Gasteiger partial charge in [0.1, 0.15) is 0 Å². The van der Waals surface area contributed by atoms with E-state index in [1.165, 1.54) is 6.07 Å². The van der Waals surface area contributed by atoms with Crippen LogP contribution in [0.25, 0.3) is 0 Å². The molecule has 0 aliphatic heterocycles. The first-order valence-corrected chi connectivity index (χ1v) is 4.20. The zero-order valence-electron chi connectivity index (χ0n) is 8.01. The molecule has 0 aliphatic carbocycles. The van der Waals surface area contributed by atoms with Crippen LogP contribution in [-0.4, -0.2) is 23.6 Å². The largest absolute Gasteiger partial charge is 0.504 e. The predicted molar refractivity (Wildman–Crippen MR) is 44.6 cm³/mol. The minimum absolute atomic E-state index is 0.784. The first kappa shape index (κ1) is 13.5. The van der Waals surface area contributed by atoms with E-state index in [9.17, 15) is 26.3 Å². The maximum atomic E-state index is 12.8. The Morgan fingerprint density at radius 2 is 1.59 bits per heavy atom. The predicted octanol–water partition coefficient (Wildman–Crippen LogP) is 3.26. The molecule has 0 aromatic heterocycles. The maximum absolute atomic E-state index is 12.8. The average Bonchev–Trinajstić information content (AvgIpc) is 2.19. The van der Waals surface area contributed by atoms with Gasteiger partial charge >= 0.3 is 12.3 Å². The van der Waals surface area contributed by atoms with E-state index in [1.807, 2.05) is 0 Å². The van der Waals surface area contributed by atoms with Gasteiger partial charge in [-0.15, -0.1) is 0 Å². The van der Waals surface area contributed by atoms with E-state index in [2.05, 4.69) is 4.74 Å². The van der Waals surface area contributed by atoms with E-state index in [-0.39, 0.29) is 0 Å². The molecule has 0 saturated carbocycles. The number of para-hydroxylation sites is 2. The van der Waals surface area contributed by atoms with Gasteiger partial charge in [0.05, 0.1) is 0 Å². The van der Waals surface area contributed by atoms with Crippen molar-refractivity contribution in [3.8, 4) is 11.5 Å². The molecule has 1 N–H and O–H groups in total. The molecule has 0 spiro atoms. The standard InChI is InChI=1S/C9H6F6O2/c10-7(8(11,12)13)9(14,15)17-6-4-2-1-3-5(6)16/h1-4,7,16H/t7-/m0/s1. The minimum Gasteiger partial charge on any atom is -0.504 e. The molecule has 1 aromatic carbocycles. The van der Waals surface area contributed by atoms with Gasteiger partial charge < -0.3 is 9.84 Å². The van der Waals surface area contributed by atoms with Crippen molar-refractivity contribution >= 4 is 0 Å². The number of aromatic hydroxyl groups is 1. The molecule has 0 heterocycles. The Balaban J connectivity index is 2.90. The molecule has 1 aromatic rings. The second-order valence-electron chi connectivity index (χ2n) is 3.04. The van der Waals surface area contributed by atoms with Gasteiger partial charge in [0, 0.05) is 0 Å². The van der Waals surface area contributed by atoms with Crippen molar-refractivity contribution in [2.24, 2.45) is 0 Å². The van der Waals surface area contributed by atoms with Crippen molar-refractivity contribution in [1.29, 1.82) is 0 Å². The second-order valence-corrected chi connectivity index (χ2v) is 3.04. The SMILES string of the molecule is Oc1ccccc1OC(F)(F)[C@@H](F)C(F)(F)F. The Kier molecular flexibility index (Phi) is 3.44. The molecule has 8 heteroatoms. The highest BCUT2D eigenvalue weighted by Crippen LogP contribution is 2.38. The number of hydrogen-bond donors (Lipinski definition) is 1. The van der Waals surface area contributed by atoms with E-state index < -0.39 is 30.0 Å².